The molecule has 0 radical (unpaired) electrons. The van der Waals surface area contributed by atoms with E-state index >= 15 is 0 Å². The third-order valence-electron chi connectivity index (χ3n) is 5.74. The van der Waals surface area contributed by atoms with Gasteiger partial charge in [0.1, 0.15) is 5.82 Å². The number of nitrogens with zero attached hydrogens (tertiary/aromatic N) is 7. The Labute approximate surface area is 185 Å². The van der Waals surface area contributed by atoms with Crippen LogP contribution in [0.1, 0.15) is 35.5 Å². The second kappa shape index (κ2) is 8.58. The molecule has 0 aliphatic rings. The van der Waals surface area contributed by atoms with E-state index < -0.39 is 0 Å². The van der Waals surface area contributed by atoms with Gasteiger partial charge in [0.05, 0.1) is 12.1 Å². The van der Waals surface area contributed by atoms with E-state index in [1.807, 2.05) is 28.8 Å². The van der Waals surface area contributed by atoms with Crippen LogP contribution >= 0.6 is 0 Å². The molecule has 0 saturated heterocycles. The lowest BCUT2D eigenvalue weighted by molar-refractivity contribution is 0.740. The zero-order valence-electron chi connectivity index (χ0n) is 18.1. The molecule has 0 aliphatic heterocycles. The molecular weight excluding hydrogens is 400 g/mol. The van der Waals surface area contributed by atoms with Crippen molar-refractivity contribution >= 4 is 17.2 Å². The summed E-state index contributed by atoms with van der Waals surface area (Å²) < 4.78 is 1.87. The van der Waals surface area contributed by atoms with Gasteiger partial charge < -0.3 is 4.90 Å². The van der Waals surface area contributed by atoms with E-state index in [2.05, 4.69) is 92.0 Å². The Balaban J connectivity index is 1.42. The average Bonchev–Trinajstić information content (AvgIpc) is 3.54. The van der Waals surface area contributed by atoms with E-state index in [1.165, 1.54) is 11.1 Å². The first-order valence-corrected chi connectivity index (χ1v) is 10.7. The Kier molecular flexibility index (Phi) is 5.33. The first kappa shape index (κ1) is 19.9. The molecule has 1 N–H and O–H groups in total. The van der Waals surface area contributed by atoms with Gasteiger partial charge >= 0.3 is 0 Å². The average molecular weight is 425 g/mol. The van der Waals surface area contributed by atoms with Crippen LogP contribution in [0.5, 0.6) is 0 Å². The third kappa shape index (κ3) is 3.82. The summed E-state index contributed by atoms with van der Waals surface area (Å²) in [7, 11) is 2.05. The lowest BCUT2D eigenvalue weighted by Crippen LogP contribution is -2.15. The number of aryl methyl sites for hydroxylation is 1. The third-order valence-corrected chi connectivity index (χ3v) is 5.74. The highest BCUT2D eigenvalue weighted by atomic mass is 15.5. The highest BCUT2D eigenvalue weighted by Crippen LogP contribution is 2.28. The number of H-pyrrole nitrogens is 1. The predicted molar refractivity (Wildman–Crippen MR) is 123 cm³/mol. The number of aromatic nitrogens is 7. The molecule has 0 aliphatic carbocycles. The largest absolute Gasteiger partial charge is 0.329 e. The van der Waals surface area contributed by atoms with Crippen molar-refractivity contribution in [1.29, 1.82) is 0 Å². The maximum atomic E-state index is 4.64. The fraction of sp³-hybridized carbons (Fsp3) is 0.208. The molecule has 5 rings (SSSR count). The minimum absolute atomic E-state index is 0.0366. The summed E-state index contributed by atoms with van der Waals surface area (Å²) in [6, 6.07) is 22.9. The number of benzene rings is 2. The molecule has 160 valence electrons. The topological polar surface area (TPSA) is 87.9 Å². The number of rotatable bonds is 7. The summed E-state index contributed by atoms with van der Waals surface area (Å²) in [4.78, 5) is 6.78. The molecule has 32 heavy (non-hydrogen) atoms. The zero-order chi connectivity index (χ0) is 21.9. The van der Waals surface area contributed by atoms with Crippen LogP contribution in [0.4, 0.5) is 11.5 Å². The number of anilines is 2. The number of hydrogen-bond acceptors (Lipinski definition) is 6. The fourth-order valence-electron chi connectivity index (χ4n) is 3.95. The molecule has 0 fully saturated rings. The Bertz CT molecular complexity index is 1290. The molecular formula is C24H24N8. The van der Waals surface area contributed by atoms with E-state index in [1.54, 1.807) is 6.20 Å². The van der Waals surface area contributed by atoms with Crippen molar-refractivity contribution in [3.63, 3.8) is 0 Å². The zero-order valence-corrected chi connectivity index (χ0v) is 18.1. The lowest BCUT2D eigenvalue weighted by atomic mass is 9.91. The number of aromatic amines is 1. The maximum absolute atomic E-state index is 4.64. The molecule has 1 atom stereocenters. The normalized spacial score (nSPS) is 12.2. The van der Waals surface area contributed by atoms with Gasteiger partial charge in [-0.3, -0.25) is 0 Å². The standard InChI is InChI=1S/C24H24N8/c1-3-19-16-23(32-22(26-19)13-14-25-32)31(2)20-11-9-17(10-12-20)15-21(24-27-29-30-28-24)18-7-5-4-6-8-18/h4-14,16,21H,3,15H2,1-2H3,(H,27,28,29,30). The van der Waals surface area contributed by atoms with E-state index in [0.717, 1.165) is 35.7 Å². The van der Waals surface area contributed by atoms with Crippen LogP contribution in [0.15, 0.2) is 72.9 Å². The van der Waals surface area contributed by atoms with Crippen LogP contribution in [-0.4, -0.2) is 42.3 Å². The molecule has 0 spiro atoms. The quantitative estimate of drug-likeness (QED) is 0.426. The molecule has 1 unspecified atom stereocenters. The van der Waals surface area contributed by atoms with Crippen LogP contribution in [0.25, 0.3) is 5.65 Å². The van der Waals surface area contributed by atoms with Crippen molar-refractivity contribution in [1.82, 2.24) is 35.2 Å². The van der Waals surface area contributed by atoms with Gasteiger partial charge in [0.25, 0.3) is 0 Å². The summed E-state index contributed by atoms with van der Waals surface area (Å²) in [6.45, 7) is 2.11. The minimum Gasteiger partial charge on any atom is -0.329 e. The van der Waals surface area contributed by atoms with Crippen molar-refractivity contribution in [2.45, 2.75) is 25.7 Å². The van der Waals surface area contributed by atoms with Gasteiger partial charge in [-0.25, -0.2) is 4.98 Å². The molecule has 8 heteroatoms. The number of fused-ring (bicyclic) bond motifs is 1. The number of hydrogen-bond donors (Lipinski definition) is 1. The minimum atomic E-state index is 0.0366. The Morgan fingerprint density at radius 3 is 2.56 bits per heavy atom. The molecule has 8 nitrogen and oxygen atoms in total. The highest BCUT2D eigenvalue weighted by Gasteiger charge is 2.19. The molecule has 5 aromatic rings. The van der Waals surface area contributed by atoms with Gasteiger partial charge in [0, 0.05) is 30.6 Å². The molecule has 3 heterocycles. The summed E-state index contributed by atoms with van der Waals surface area (Å²) in [5, 5.41) is 19.3. The summed E-state index contributed by atoms with van der Waals surface area (Å²) in [5.74, 6) is 1.72. The summed E-state index contributed by atoms with van der Waals surface area (Å²) in [5.41, 5.74) is 5.35. The SMILES string of the molecule is CCc1cc(N(C)c2ccc(CC(c3ccccc3)c3nn[nH]n3)cc2)n2nccc2n1. The Hall–Kier alpha value is -4.07. The van der Waals surface area contributed by atoms with Crippen LogP contribution in [0, 0.1) is 0 Å². The molecule has 0 amide bonds. The maximum Gasteiger partial charge on any atom is 0.182 e. The molecule has 0 saturated carbocycles. The first-order chi connectivity index (χ1) is 15.7. The van der Waals surface area contributed by atoms with Gasteiger partial charge in [0.15, 0.2) is 11.5 Å². The van der Waals surface area contributed by atoms with Gasteiger partial charge in [-0.05, 0) is 36.1 Å². The molecule has 0 bridgehead atoms. The van der Waals surface area contributed by atoms with Gasteiger partial charge in [0.2, 0.25) is 0 Å². The Morgan fingerprint density at radius 1 is 1.03 bits per heavy atom. The second-order valence-electron chi connectivity index (χ2n) is 7.72. The monoisotopic (exact) mass is 424 g/mol. The van der Waals surface area contributed by atoms with Gasteiger partial charge in [-0.2, -0.15) is 14.8 Å². The van der Waals surface area contributed by atoms with Crippen LogP contribution < -0.4 is 4.90 Å². The smallest absolute Gasteiger partial charge is 0.182 e. The summed E-state index contributed by atoms with van der Waals surface area (Å²) in [6.07, 6.45) is 3.44. The number of tetrazole rings is 1. The van der Waals surface area contributed by atoms with Crippen molar-refractivity contribution in [2.75, 3.05) is 11.9 Å². The molecule has 3 aromatic heterocycles. The van der Waals surface area contributed by atoms with Gasteiger partial charge in [-0.1, -0.05) is 54.6 Å². The van der Waals surface area contributed by atoms with Gasteiger partial charge in [-0.15, -0.1) is 10.2 Å². The summed E-state index contributed by atoms with van der Waals surface area (Å²) >= 11 is 0. The highest BCUT2D eigenvalue weighted by molar-refractivity contribution is 5.62. The van der Waals surface area contributed by atoms with Crippen molar-refractivity contribution < 1.29 is 0 Å². The Morgan fingerprint density at radius 2 is 1.84 bits per heavy atom. The van der Waals surface area contributed by atoms with E-state index in [0.29, 0.717) is 5.82 Å². The first-order valence-electron chi connectivity index (χ1n) is 10.7. The van der Waals surface area contributed by atoms with Crippen molar-refractivity contribution in [3.8, 4) is 0 Å². The van der Waals surface area contributed by atoms with E-state index in [4.69, 9.17) is 0 Å². The van der Waals surface area contributed by atoms with E-state index in [-0.39, 0.29) is 5.92 Å². The molecule has 2 aromatic carbocycles. The van der Waals surface area contributed by atoms with Crippen LogP contribution in [-0.2, 0) is 12.8 Å². The second-order valence-corrected chi connectivity index (χ2v) is 7.72. The van der Waals surface area contributed by atoms with E-state index in [9.17, 15) is 0 Å². The van der Waals surface area contributed by atoms with Crippen LogP contribution in [0.3, 0.4) is 0 Å². The lowest BCUT2D eigenvalue weighted by Gasteiger charge is -2.21. The fourth-order valence-corrected chi connectivity index (χ4v) is 3.95. The van der Waals surface area contributed by atoms with Crippen molar-refractivity contribution in [2.24, 2.45) is 0 Å². The van der Waals surface area contributed by atoms with Crippen LogP contribution in [0.2, 0.25) is 0 Å². The van der Waals surface area contributed by atoms with Crippen molar-refractivity contribution in [3.05, 3.63) is 95.6 Å². The number of nitrogens with one attached hydrogen (secondary N) is 1. The predicted octanol–water partition coefficient (Wildman–Crippen LogP) is 3.95.